The first-order chi connectivity index (χ1) is 28.3. The topological polar surface area (TPSA) is 6.48 Å². The van der Waals surface area contributed by atoms with Crippen molar-refractivity contribution in [3.05, 3.63) is 253 Å². The molecule has 2 heteroatoms. The first-order valence-corrected chi connectivity index (χ1v) is 19.9. The first-order valence-electron chi connectivity index (χ1n) is 19.9. The molecule has 8 aromatic carbocycles. The SMILES string of the molecule is C1=CC(C2(c3ccccc3)c3cc(N(c4ccccc4)c4ccc(-c5ccccc5)cc4)ccc3-c3c(N(c4ccccc4)c4ccccc4)cccc32)=CCC1. The highest BCUT2D eigenvalue weighted by Gasteiger charge is 2.48. The summed E-state index contributed by atoms with van der Waals surface area (Å²) in [7, 11) is 0. The smallest absolute Gasteiger partial charge is 0.0711 e. The van der Waals surface area contributed by atoms with E-state index >= 15 is 0 Å². The molecular formula is C55H42N2. The van der Waals surface area contributed by atoms with E-state index < -0.39 is 5.41 Å². The fourth-order valence-electron chi connectivity index (χ4n) is 9.07. The average molecular weight is 731 g/mol. The van der Waals surface area contributed by atoms with E-state index in [0.29, 0.717) is 0 Å². The van der Waals surface area contributed by atoms with Gasteiger partial charge in [-0.05, 0) is 119 Å². The number of nitrogens with zero attached hydrogens (tertiary/aromatic N) is 2. The molecule has 0 aliphatic heterocycles. The standard InChI is InChI=1S/C55H42N2/c1-7-20-41(21-8-1)42-34-36-48(37-35-42)56(45-26-13-4-14-27-45)49-38-39-50-52(40-49)55(43-22-9-2-10-23-43,44-24-11-3-12-25-44)51-32-19-33-53(54(50)51)57(46-28-15-5-16-29-46)47-30-17-6-18-31-47/h1-2,4-11,13-40H,3,12H2. The lowest BCUT2D eigenvalue weighted by Crippen LogP contribution is -2.30. The summed E-state index contributed by atoms with van der Waals surface area (Å²) in [6.45, 7) is 0. The summed E-state index contributed by atoms with van der Waals surface area (Å²) in [6.07, 6.45) is 9.28. The highest BCUT2D eigenvalue weighted by molar-refractivity contribution is 5.98. The van der Waals surface area contributed by atoms with Crippen LogP contribution >= 0.6 is 0 Å². The largest absolute Gasteiger partial charge is 0.310 e. The van der Waals surface area contributed by atoms with Gasteiger partial charge in [-0.15, -0.1) is 0 Å². The van der Waals surface area contributed by atoms with E-state index in [0.717, 1.165) is 47.0 Å². The molecular weight excluding hydrogens is 689 g/mol. The molecule has 272 valence electrons. The molecule has 57 heavy (non-hydrogen) atoms. The first kappa shape index (κ1) is 34.3. The van der Waals surface area contributed by atoms with Gasteiger partial charge >= 0.3 is 0 Å². The van der Waals surface area contributed by atoms with Crippen molar-refractivity contribution in [3.8, 4) is 22.3 Å². The van der Waals surface area contributed by atoms with E-state index in [2.05, 4.69) is 240 Å². The molecule has 8 aromatic rings. The summed E-state index contributed by atoms with van der Waals surface area (Å²) in [5, 5.41) is 0. The van der Waals surface area contributed by atoms with Crippen molar-refractivity contribution in [2.45, 2.75) is 18.3 Å². The van der Waals surface area contributed by atoms with Crippen molar-refractivity contribution >= 4 is 34.1 Å². The van der Waals surface area contributed by atoms with E-state index in [1.165, 1.54) is 44.5 Å². The van der Waals surface area contributed by atoms with Crippen LogP contribution in [0.5, 0.6) is 0 Å². The molecule has 1 atom stereocenters. The summed E-state index contributed by atoms with van der Waals surface area (Å²) in [5.74, 6) is 0. The normalized spacial score (nSPS) is 15.3. The Morgan fingerprint density at radius 2 is 0.912 bits per heavy atom. The Morgan fingerprint density at radius 1 is 0.386 bits per heavy atom. The van der Waals surface area contributed by atoms with Crippen LogP contribution in [0.3, 0.4) is 0 Å². The predicted octanol–water partition coefficient (Wildman–Crippen LogP) is 14.9. The number of allylic oxidation sites excluding steroid dienone is 4. The van der Waals surface area contributed by atoms with Crippen LogP contribution < -0.4 is 9.80 Å². The van der Waals surface area contributed by atoms with E-state index in [4.69, 9.17) is 0 Å². The Hall–Kier alpha value is -7.16. The van der Waals surface area contributed by atoms with Crippen molar-refractivity contribution in [1.29, 1.82) is 0 Å². The van der Waals surface area contributed by atoms with Crippen LogP contribution in [0.1, 0.15) is 29.5 Å². The third kappa shape index (κ3) is 5.98. The summed E-state index contributed by atoms with van der Waals surface area (Å²) >= 11 is 0. The van der Waals surface area contributed by atoms with Crippen LogP contribution in [0.25, 0.3) is 22.3 Å². The minimum absolute atomic E-state index is 0.548. The maximum absolute atomic E-state index is 2.48. The minimum Gasteiger partial charge on any atom is -0.310 e. The van der Waals surface area contributed by atoms with Crippen molar-refractivity contribution in [2.24, 2.45) is 0 Å². The molecule has 0 fully saturated rings. The molecule has 0 radical (unpaired) electrons. The Balaban J connectivity index is 1.25. The summed E-state index contributed by atoms with van der Waals surface area (Å²) in [6, 6.07) is 77.2. The minimum atomic E-state index is -0.548. The van der Waals surface area contributed by atoms with Gasteiger partial charge in [0.15, 0.2) is 0 Å². The van der Waals surface area contributed by atoms with Gasteiger partial charge in [0, 0.05) is 34.0 Å². The van der Waals surface area contributed by atoms with Gasteiger partial charge in [0.1, 0.15) is 0 Å². The van der Waals surface area contributed by atoms with Gasteiger partial charge in [0.25, 0.3) is 0 Å². The number of rotatable bonds is 9. The molecule has 0 amide bonds. The zero-order valence-corrected chi connectivity index (χ0v) is 31.7. The second-order valence-corrected chi connectivity index (χ2v) is 14.8. The quantitative estimate of drug-likeness (QED) is 0.146. The van der Waals surface area contributed by atoms with Gasteiger partial charge in [0.2, 0.25) is 0 Å². The van der Waals surface area contributed by atoms with Crippen molar-refractivity contribution in [2.75, 3.05) is 9.80 Å². The number of anilines is 6. The van der Waals surface area contributed by atoms with Gasteiger partial charge in [-0.2, -0.15) is 0 Å². The van der Waals surface area contributed by atoms with Crippen molar-refractivity contribution in [3.63, 3.8) is 0 Å². The number of hydrogen-bond donors (Lipinski definition) is 0. The molecule has 10 rings (SSSR count). The molecule has 0 heterocycles. The molecule has 0 saturated heterocycles. The van der Waals surface area contributed by atoms with Gasteiger partial charge in [-0.3, -0.25) is 0 Å². The summed E-state index contributed by atoms with van der Waals surface area (Å²) < 4.78 is 0. The zero-order chi connectivity index (χ0) is 38.0. The molecule has 1 unspecified atom stereocenters. The number of hydrogen-bond acceptors (Lipinski definition) is 2. The van der Waals surface area contributed by atoms with Crippen LogP contribution in [0.4, 0.5) is 34.1 Å². The Kier molecular flexibility index (Phi) is 8.93. The molecule has 0 bridgehead atoms. The number of benzene rings is 8. The fraction of sp³-hybridized carbons (Fsp3) is 0.0545. The molecule has 0 spiro atoms. The van der Waals surface area contributed by atoms with E-state index in [1.807, 2.05) is 0 Å². The molecule has 0 N–H and O–H groups in total. The van der Waals surface area contributed by atoms with Gasteiger partial charge < -0.3 is 9.80 Å². The van der Waals surface area contributed by atoms with Crippen LogP contribution in [0.15, 0.2) is 236 Å². The third-order valence-corrected chi connectivity index (χ3v) is 11.5. The van der Waals surface area contributed by atoms with E-state index in [-0.39, 0.29) is 0 Å². The van der Waals surface area contributed by atoms with Gasteiger partial charge in [0.05, 0.1) is 11.1 Å². The Labute approximate surface area is 336 Å². The van der Waals surface area contributed by atoms with E-state index in [9.17, 15) is 0 Å². The second kappa shape index (κ2) is 14.8. The Bertz CT molecular complexity index is 2660. The lowest BCUT2D eigenvalue weighted by molar-refractivity contribution is 0.751. The highest BCUT2D eigenvalue weighted by atomic mass is 15.2. The molecule has 2 aliphatic carbocycles. The van der Waals surface area contributed by atoms with Gasteiger partial charge in [-0.25, -0.2) is 0 Å². The second-order valence-electron chi connectivity index (χ2n) is 14.8. The maximum atomic E-state index is 2.48. The zero-order valence-electron chi connectivity index (χ0n) is 31.7. The van der Waals surface area contributed by atoms with Crippen molar-refractivity contribution in [1.82, 2.24) is 0 Å². The maximum Gasteiger partial charge on any atom is 0.0711 e. The number of para-hydroxylation sites is 3. The van der Waals surface area contributed by atoms with Crippen molar-refractivity contribution < 1.29 is 0 Å². The molecule has 2 nitrogen and oxygen atoms in total. The molecule has 0 saturated carbocycles. The van der Waals surface area contributed by atoms with Crippen LogP contribution in [-0.2, 0) is 5.41 Å². The Morgan fingerprint density at radius 3 is 1.51 bits per heavy atom. The number of fused-ring (bicyclic) bond motifs is 3. The van der Waals surface area contributed by atoms with Gasteiger partial charge in [-0.1, -0.05) is 164 Å². The lowest BCUT2D eigenvalue weighted by Gasteiger charge is -2.36. The van der Waals surface area contributed by atoms with E-state index in [1.54, 1.807) is 0 Å². The molecule has 0 aromatic heterocycles. The average Bonchev–Trinajstić information content (AvgIpc) is 3.60. The third-order valence-electron chi connectivity index (χ3n) is 11.5. The summed E-state index contributed by atoms with van der Waals surface area (Å²) in [5.41, 5.74) is 16.3. The molecule has 2 aliphatic rings. The predicted molar refractivity (Wildman–Crippen MR) is 239 cm³/mol. The fourth-order valence-corrected chi connectivity index (χ4v) is 9.07. The van der Waals surface area contributed by atoms with Crippen LogP contribution in [-0.4, -0.2) is 0 Å². The monoisotopic (exact) mass is 730 g/mol. The highest BCUT2D eigenvalue weighted by Crippen LogP contribution is 2.61. The lowest BCUT2D eigenvalue weighted by atomic mass is 9.66. The summed E-state index contributed by atoms with van der Waals surface area (Å²) in [4.78, 5) is 4.83. The van der Waals surface area contributed by atoms with Crippen LogP contribution in [0.2, 0.25) is 0 Å². The van der Waals surface area contributed by atoms with Crippen LogP contribution in [0, 0.1) is 0 Å².